The zero-order valence-corrected chi connectivity index (χ0v) is 32.1. The van der Waals surface area contributed by atoms with Gasteiger partial charge in [0, 0.05) is 49.7 Å². The van der Waals surface area contributed by atoms with Crippen molar-refractivity contribution in [3.63, 3.8) is 0 Å². The summed E-state index contributed by atoms with van der Waals surface area (Å²) in [5, 5.41) is 9.71. The van der Waals surface area contributed by atoms with Gasteiger partial charge in [0.1, 0.15) is 11.2 Å². The van der Waals surface area contributed by atoms with Gasteiger partial charge in [0.25, 0.3) is 0 Å². The van der Waals surface area contributed by atoms with E-state index < -0.39 is 0 Å². The third-order valence-corrected chi connectivity index (χ3v) is 12.0. The molecule has 0 saturated carbocycles. The minimum Gasteiger partial charge on any atom is -0.456 e. The normalized spacial score (nSPS) is 11.7. The van der Waals surface area contributed by atoms with E-state index in [-0.39, 0.29) is 0 Å². The molecule has 3 nitrogen and oxygen atoms in total. The van der Waals surface area contributed by atoms with Crippen molar-refractivity contribution in [2.75, 3.05) is 4.90 Å². The molecule has 2 aromatic heterocycles. The molecule has 0 aliphatic heterocycles. The van der Waals surface area contributed by atoms with Gasteiger partial charge < -0.3 is 13.9 Å². The number of fused-ring (bicyclic) bond motifs is 9. The molecule has 0 fully saturated rings. The zero-order valence-electron chi connectivity index (χ0n) is 32.1. The number of furan rings is 1. The highest BCUT2D eigenvalue weighted by Gasteiger charge is 2.18. The summed E-state index contributed by atoms with van der Waals surface area (Å²) in [7, 11) is 0. The van der Waals surface area contributed by atoms with Crippen molar-refractivity contribution in [1.82, 2.24) is 4.57 Å². The summed E-state index contributed by atoms with van der Waals surface area (Å²) in [4.78, 5) is 2.36. The van der Waals surface area contributed by atoms with Crippen LogP contribution in [0.15, 0.2) is 223 Å². The van der Waals surface area contributed by atoms with Crippen LogP contribution in [0.1, 0.15) is 0 Å². The van der Waals surface area contributed by atoms with Crippen molar-refractivity contribution < 1.29 is 4.42 Å². The first-order chi connectivity index (χ1) is 29.2. The van der Waals surface area contributed by atoms with Gasteiger partial charge in [0.05, 0.1) is 11.0 Å². The molecule has 276 valence electrons. The fraction of sp³-hybridized carbons (Fsp3) is 0. The van der Waals surface area contributed by atoms with E-state index in [1.54, 1.807) is 0 Å². The Bertz CT molecular complexity index is 3540. The second kappa shape index (κ2) is 13.4. The predicted octanol–water partition coefficient (Wildman–Crippen LogP) is 15.8. The first-order valence-corrected chi connectivity index (χ1v) is 20.2. The van der Waals surface area contributed by atoms with E-state index in [4.69, 9.17) is 4.42 Å². The molecule has 0 aliphatic carbocycles. The third kappa shape index (κ3) is 5.44. The number of aromatic nitrogens is 1. The van der Waals surface area contributed by atoms with E-state index >= 15 is 0 Å². The highest BCUT2D eigenvalue weighted by Crippen LogP contribution is 2.42. The highest BCUT2D eigenvalue weighted by molar-refractivity contribution is 6.19. The third-order valence-electron chi connectivity index (χ3n) is 12.0. The molecular weight excluding hydrogens is 717 g/mol. The average molecular weight is 753 g/mol. The van der Waals surface area contributed by atoms with Crippen LogP contribution < -0.4 is 4.90 Å². The molecule has 0 unspecified atom stereocenters. The quantitative estimate of drug-likeness (QED) is 0.169. The second-order valence-electron chi connectivity index (χ2n) is 15.3. The lowest BCUT2D eigenvalue weighted by molar-refractivity contribution is 0.669. The van der Waals surface area contributed by atoms with Crippen molar-refractivity contribution in [2.45, 2.75) is 0 Å². The molecule has 0 saturated heterocycles. The predicted molar refractivity (Wildman–Crippen MR) is 249 cm³/mol. The topological polar surface area (TPSA) is 21.3 Å². The summed E-state index contributed by atoms with van der Waals surface area (Å²) >= 11 is 0. The van der Waals surface area contributed by atoms with Crippen LogP contribution in [0.3, 0.4) is 0 Å². The maximum atomic E-state index is 6.24. The van der Waals surface area contributed by atoms with E-state index in [2.05, 4.69) is 216 Å². The second-order valence-corrected chi connectivity index (χ2v) is 15.3. The molecule has 12 aromatic rings. The van der Waals surface area contributed by atoms with E-state index in [9.17, 15) is 0 Å². The van der Waals surface area contributed by atoms with Gasteiger partial charge in [-0.3, -0.25) is 0 Å². The number of benzene rings is 10. The lowest BCUT2D eigenvalue weighted by Crippen LogP contribution is -2.09. The van der Waals surface area contributed by atoms with Crippen LogP contribution in [0, 0.1) is 0 Å². The van der Waals surface area contributed by atoms with E-state index in [0.29, 0.717) is 0 Å². The van der Waals surface area contributed by atoms with Gasteiger partial charge in [-0.25, -0.2) is 0 Å². The molecule has 0 radical (unpaired) electrons. The molecule has 59 heavy (non-hydrogen) atoms. The summed E-state index contributed by atoms with van der Waals surface area (Å²) < 4.78 is 8.67. The molecule has 0 N–H and O–H groups in total. The van der Waals surface area contributed by atoms with Crippen LogP contribution >= 0.6 is 0 Å². The molecule has 12 rings (SSSR count). The van der Waals surface area contributed by atoms with Gasteiger partial charge in [-0.05, 0) is 105 Å². The smallest absolute Gasteiger partial charge is 0.136 e. The van der Waals surface area contributed by atoms with Crippen molar-refractivity contribution in [3.05, 3.63) is 218 Å². The summed E-state index contributed by atoms with van der Waals surface area (Å²) in [6.07, 6.45) is 0. The van der Waals surface area contributed by atoms with Crippen LogP contribution in [0.2, 0.25) is 0 Å². The van der Waals surface area contributed by atoms with Crippen LogP contribution in [-0.4, -0.2) is 4.57 Å². The fourth-order valence-electron chi connectivity index (χ4n) is 9.17. The Morgan fingerprint density at radius 3 is 1.78 bits per heavy atom. The largest absolute Gasteiger partial charge is 0.456 e. The zero-order chi connectivity index (χ0) is 38.9. The lowest BCUT2D eigenvalue weighted by Gasteiger charge is -2.26. The van der Waals surface area contributed by atoms with Crippen molar-refractivity contribution >= 4 is 82.4 Å². The molecular formula is C56H36N2O. The summed E-state index contributed by atoms with van der Waals surface area (Å²) in [5.41, 5.74) is 13.3. The first kappa shape index (κ1) is 33.3. The average Bonchev–Trinajstić information content (AvgIpc) is 3.86. The SMILES string of the molecule is c1ccc(-n2c3cc(-c4ccc(N(c5ccc(-c6cccc7oc8ccccc8c67)cc5)c5ccc6ccccc6c5)cc4)ccc3c3ccc4ccccc4c32)cc1. The number of rotatable bonds is 6. The van der Waals surface area contributed by atoms with E-state index in [1.807, 2.05) is 12.1 Å². The Morgan fingerprint density at radius 2 is 0.966 bits per heavy atom. The number of anilines is 3. The van der Waals surface area contributed by atoms with Gasteiger partial charge in [0.2, 0.25) is 0 Å². The molecule has 3 heteroatoms. The number of nitrogens with zero attached hydrogens (tertiary/aromatic N) is 2. The lowest BCUT2D eigenvalue weighted by atomic mass is 9.99. The van der Waals surface area contributed by atoms with E-state index in [1.165, 1.54) is 54.5 Å². The minimum atomic E-state index is 0.903. The molecule has 2 heterocycles. The van der Waals surface area contributed by atoms with Gasteiger partial charge >= 0.3 is 0 Å². The Kier molecular flexibility index (Phi) is 7.54. The maximum absolute atomic E-state index is 6.24. The Hall–Kier alpha value is -7.88. The van der Waals surface area contributed by atoms with Crippen molar-refractivity contribution in [1.29, 1.82) is 0 Å². The van der Waals surface area contributed by atoms with Crippen LogP contribution in [0.4, 0.5) is 17.1 Å². The van der Waals surface area contributed by atoms with Crippen molar-refractivity contribution in [3.8, 4) is 27.9 Å². The fourth-order valence-corrected chi connectivity index (χ4v) is 9.17. The number of hydrogen-bond donors (Lipinski definition) is 0. The summed E-state index contributed by atoms with van der Waals surface area (Å²) in [5.74, 6) is 0. The number of hydrogen-bond acceptors (Lipinski definition) is 2. The van der Waals surface area contributed by atoms with Gasteiger partial charge in [0.15, 0.2) is 0 Å². The maximum Gasteiger partial charge on any atom is 0.136 e. The monoisotopic (exact) mass is 752 g/mol. The minimum absolute atomic E-state index is 0.903. The Balaban J connectivity index is 0.971. The van der Waals surface area contributed by atoms with Crippen LogP contribution in [-0.2, 0) is 0 Å². The van der Waals surface area contributed by atoms with Gasteiger partial charge in [-0.2, -0.15) is 0 Å². The van der Waals surface area contributed by atoms with Crippen molar-refractivity contribution in [2.24, 2.45) is 0 Å². The molecule has 0 aliphatic rings. The number of para-hydroxylation sites is 2. The summed E-state index contributed by atoms with van der Waals surface area (Å²) in [6.45, 7) is 0. The Labute approximate surface area is 341 Å². The van der Waals surface area contributed by atoms with Gasteiger partial charge in [-0.15, -0.1) is 0 Å². The molecule has 0 atom stereocenters. The van der Waals surface area contributed by atoms with Crippen LogP contribution in [0.5, 0.6) is 0 Å². The van der Waals surface area contributed by atoms with Crippen LogP contribution in [0.25, 0.3) is 93.2 Å². The summed E-state index contributed by atoms with van der Waals surface area (Å²) in [6, 6.07) is 78.8. The highest BCUT2D eigenvalue weighted by atomic mass is 16.3. The first-order valence-electron chi connectivity index (χ1n) is 20.2. The van der Waals surface area contributed by atoms with Gasteiger partial charge in [-0.1, -0.05) is 152 Å². The molecule has 0 bridgehead atoms. The standard InChI is InChI=1S/C56H36N2O/c1-2-14-43(15-3-1)58-52-36-42(27-33-49(52)50-34-26-39-12-6-7-16-48(39)56(50)58)38-21-28-44(29-22-38)57(46-32-23-37-11-4-5-13-41(37)35-46)45-30-24-40(25-31-45)47-18-10-20-54-55(47)51-17-8-9-19-53(51)59-54/h1-36H. The molecule has 0 spiro atoms. The molecule has 10 aromatic carbocycles. The molecule has 0 amide bonds. The Morgan fingerprint density at radius 1 is 0.356 bits per heavy atom. The van der Waals surface area contributed by atoms with E-state index in [0.717, 1.165) is 55.8 Å².